The minimum Gasteiger partial charge on any atom is -0.368 e. The fourth-order valence-corrected chi connectivity index (χ4v) is 2.47. The van der Waals surface area contributed by atoms with Crippen molar-refractivity contribution in [1.29, 1.82) is 0 Å². The summed E-state index contributed by atoms with van der Waals surface area (Å²) in [5.41, 5.74) is 2.38. The molecule has 1 aliphatic heterocycles. The highest BCUT2D eigenvalue weighted by Gasteiger charge is 2.31. The molecule has 0 bridgehead atoms. The third-order valence-corrected chi connectivity index (χ3v) is 3.47. The van der Waals surface area contributed by atoms with Crippen LogP contribution in [-0.4, -0.2) is 12.6 Å². The molecule has 0 aromatic heterocycles. The zero-order chi connectivity index (χ0) is 11.0. The highest BCUT2D eigenvalue weighted by molar-refractivity contribution is 5.61. The maximum Gasteiger partial charge on any atom is 0.123 e. The average molecular weight is 207 g/mol. The Bertz CT molecular complexity index is 362. The quantitative estimate of drug-likeness (QED) is 0.717. The smallest absolute Gasteiger partial charge is 0.123 e. The Balaban J connectivity index is 2.41. The molecule has 0 saturated heterocycles. The standard InChI is InChI=1S/C13H18FN/c1-4-7-15-10(3)9(2)12-8-11(14)5-6-13(12)15/h5-6,8-10H,4,7H2,1-3H3. The third-order valence-electron chi connectivity index (χ3n) is 3.47. The van der Waals surface area contributed by atoms with Crippen molar-refractivity contribution in [2.24, 2.45) is 0 Å². The van der Waals surface area contributed by atoms with Gasteiger partial charge in [0.05, 0.1) is 0 Å². The van der Waals surface area contributed by atoms with Gasteiger partial charge in [0.1, 0.15) is 5.82 Å². The second kappa shape index (κ2) is 3.84. The Kier molecular flexibility index (Phi) is 2.68. The molecule has 2 rings (SSSR count). The summed E-state index contributed by atoms with van der Waals surface area (Å²) in [6.07, 6.45) is 1.13. The molecule has 82 valence electrons. The van der Waals surface area contributed by atoms with Crippen molar-refractivity contribution >= 4 is 5.69 Å². The van der Waals surface area contributed by atoms with Crippen LogP contribution in [0.15, 0.2) is 18.2 Å². The van der Waals surface area contributed by atoms with Crippen LogP contribution in [-0.2, 0) is 0 Å². The van der Waals surface area contributed by atoms with Crippen molar-refractivity contribution in [2.45, 2.75) is 39.2 Å². The van der Waals surface area contributed by atoms with Crippen LogP contribution in [0.5, 0.6) is 0 Å². The summed E-state index contributed by atoms with van der Waals surface area (Å²) in [6.45, 7) is 7.64. The van der Waals surface area contributed by atoms with Gasteiger partial charge in [-0.05, 0) is 37.1 Å². The zero-order valence-electron chi connectivity index (χ0n) is 9.63. The lowest BCUT2D eigenvalue weighted by Crippen LogP contribution is -2.31. The van der Waals surface area contributed by atoms with E-state index in [1.807, 2.05) is 6.07 Å². The van der Waals surface area contributed by atoms with E-state index in [-0.39, 0.29) is 5.82 Å². The topological polar surface area (TPSA) is 3.24 Å². The van der Waals surface area contributed by atoms with Gasteiger partial charge in [0.2, 0.25) is 0 Å². The third kappa shape index (κ3) is 1.62. The predicted molar refractivity (Wildman–Crippen MR) is 61.9 cm³/mol. The van der Waals surface area contributed by atoms with Gasteiger partial charge in [-0.25, -0.2) is 4.39 Å². The zero-order valence-corrected chi connectivity index (χ0v) is 9.63. The number of halogens is 1. The van der Waals surface area contributed by atoms with Crippen molar-refractivity contribution in [2.75, 3.05) is 11.4 Å². The van der Waals surface area contributed by atoms with Gasteiger partial charge in [-0.2, -0.15) is 0 Å². The van der Waals surface area contributed by atoms with Gasteiger partial charge in [0, 0.05) is 24.2 Å². The Hall–Kier alpha value is -1.05. The number of anilines is 1. The number of hydrogen-bond donors (Lipinski definition) is 0. The Morgan fingerprint density at radius 3 is 2.73 bits per heavy atom. The Morgan fingerprint density at radius 2 is 2.07 bits per heavy atom. The molecule has 0 fully saturated rings. The van der Waals surface area contributed by atoms with E-state index in [2.05, 4.69) is 25.7 Å². The maximum atomic E-state index is 13.2. The van der Waals surface area contributed by atoms with Crippen LogP contribution in [0, 0.1) is 5.82 Å². The van der Waals surface area contributed by atoms with Crippen molar-refractivity contribution in [1.82, 2.24) is 0 Å². The minimum atomic E-state index is -0.119. The summed E-state index contributed by atoms with van der Waals surface area (Å²) in [4.78, 5) is 2.39. The van der Waals surface area contributed by atoms with E-state index in [1.165, 1.54) is 5.69 Å². The summed E-state index contributed by atoms with van der Waals surface area (Å²) in [6, 6.07) is 5.65. The van der Waals surface area contributed by atoms with E-state index in [9.17, 15) is 4.39 Å². The lowest BCUT2D eigenvalue weighted by Gasteiger charge is -2.25. The molecule has 1 heterocycles. The van der Waals surface area contributed by atoms with Crippen molar-refractivity contribution < 1.29 is 4.39 Å². The molecule has 1 nitrogen and oxygen atoms in total. The minimum absolute atomic E-state index is 0.119. The second-order valence-electron chi connectivity index (χ2n) is 4.43. The molecular formula is C13H18FN. The highest BCUT2D eigenvalue weighted by atomic mass is 19.1. The van der Waals surface area contributed by atoms with Gasteiger partial charge in [-0.3, -0.25) is 0 Å². The van der Waals surface area contributed by atoms with E-state index >= 15 is 0 Å². The molecule has 15 heavy (non-hydrogen) atoms. The normalized spacial score (nSPS) is 24.4. The molecule has 2 unspecified atom stereocenters. The molecular weight excluding hydrogens is 189 g/mol. The largest absolute Gasteiger partial charge is 0.368 e. The molecule has 0 amide bonds. The van der Waals surface area contributed by atoms with Crippen LogP contribution >= 0.6 is 0 Å². The van der Waals surface area contributed by atoms with Gasteiger partial charge >= 0.3 is 0 Å². The lowest BCUT2D eigenvalue weighted by molar-refractivity contribution is 0.585. The monoisotopic (exact) mass is 207 g/mol. The molecule has 1 aromatic carbocycles. The number of rotatable bonds is 2. The van der Waals surface area contributed by atoms with E-state index in [0.29, 0.717) is 12.0 Å². The van der Waals surface area contributed by atoms with Gasteiger partial charge in [-0.15, -0.1) is 0 Å². The van der Waals surface area contributed by atoms with Crippen molar-refractivity contribution in [3.8, 4) is 0 Å². The first-order chi connectivity index (χ1) is 7.15. The summed E-state index contributed by atoms with van der Waals surface area (Å²) < 4.78 is 13.2. The maximum absolute atomic E-state index is 13.2. The SMILES string of the molecule is CCCN1c2ccc(F)cc2C(C)C1C. The van der Waals surface area contributed by atoms with Gasteiger partial charge in [0.25, 0.3) is 0 Å². The first kappa shape index (κ1) is 10.5. The molecule has 0 N–H and O–H groups in total. The van der Waals surface area contributed by atoms with E-state index in [1.54, 1.807) is 12.1 Å². The highest BCUT2D eigenvalue weighted by Crippen LogP contribution is 2.40. The van der Waals surface area contributed by atoms with Crippen LogP contribution in [0.2, 0.25) is 0 Å². The Morgan fingerprint density at radius 1 is 1.33 bits per heavy atom. The molecule has 0 radical (unpaired) electrons. The average Bonchev–Trinajstić information content (AvgIpc) is 2.44. The summed E-state index contributed by atoms with van der Waals surface area (Å²) in [5, 5.41) is 0. The molecule has 1 aromatic rings. The first-order valence-electron chi connectivity index (χ1n) is 5.71. The fourth-order valence-electron chi connectivity index (χ4n) is 2.47. The number of benzene rings is 1. The summed E-state index contributed by atoms with van der Waals surface area (Å²) >= 11 is 0. The van der Waals surface area contributed by atoms with Crippen LogP contribution in [0.1, 0.15) is 38.7 Å². The molecule has 0 spiro atoms. The van der Waals surface area contributed by atoms with Crippen LogP contribution in [0.25, 0.3) is 0 Å². The van der Waals surface area contributed by atoms with Crippen molar-refractivity contribution in [3.63, 3.8) is 0 Å². The van der Waals surface area contributed by atoms with Crippen LogP contribution in [0.3, 0.4) is 0 Å². The fraction of sp³-hybridized carbons (Fsp3) is 0.538. The number of nitrogens with zero attached hydrogens (tertiary/aromatic N) is 1. The predicted octanol–water partition coefficient (Wildman–Crippen LogP) is 3.55. The van der Waals surface area contributed by atoms with Crippen LogP contribution < -0.4 is 4.90 Å². The lowest BCUT2D eigenvalue weighted by atomic mass is 9.98. The van der Waals surface area contributed by atoms with E-state index < -0.39 is 0 Å². The van der Waals surface area contributed by atoms with E-state index in [0.717, 1.165) is 18.5 Å². The molecule has 1 aliphatic rings. The van der Waals surface area contributed by atoms with E-state index in [4.69, 9.17) is 0 Å². The van der Waals surface area contributed by atoms with Gasteiger partial charge in [0.15, 0.2) is 0 Å². The molecule has 0 saturated carbocycles. The Labute approximate surface area is 90.9 Å². The first-order valence-corrected chi connectivity index (χ1v) is 5.71. The van der Waals surface area contributed by atoms with Crippen LogP contribution in [0.4, 0.5) is 10.1 Å². The van der Waals surface area contributed by atoms with Gasteiger partial charge in [-0.1, -0.05) is 13.8 Å². The molecule has 2 atom stereocenters. The summed E-state index contributed by atoms with van der Waals surface area (Å²) in [7, 11) is 0. The summed E-state index contributed by atoms with van der Waals surface area (Å²) in [5.74, 6) is 0.313. The number of hydrogen-bond acceptors (Lipinski definition) is 1. The molecule has 2 heteroatoms. The molecule has 0 aliphatic carbocycles. The van der Waals surface area contributed by atoms with Gasteiger partial charge < -0.3 is 4.90 Å². The second-order valence-corrected chi connectivity index (χ2v) is 4.43. The number of fused-ring (bicyclic) bond motifs is 1. The van der Waals surface area contributed by atoms with Crippen molar-refractivity contribution in [3.05, 3.63) is 29.6 Å².